The number of nitrogens with one attached hydrogen (secondary N) is 3. The Kier molecular flexibility index (Phi) is 8.08. The Morgan fingerprint density at radius 2 is 1.69 bits per heavy atom. The van der Waals surface area contributed by atoms with Gasteiger partial charge in [-0.25, -0.2) is 4.98 Å². The minimum Gasteiger partial charge on any atom is -0.497 e. The van der Waals surface area contributed by atoms with Crippen LogP contribution in [-0.4, -0.2) is 49.8 Å². The van der Waals surface area contributed by atoms with E-state index in [4.69, 9.17) is 14.2 Å². The van der Waals surface area contributed by atoms with E-state index >= 15 is 0 Å². The molecule has 0 atom stereocenters. The van der Waals surface area contributed by atoms with E-state index in [2.05, 4.69) is 25.9 Å². The van der Waals surface area contributed by atoms with Crippen LogP contribution in [0.5, 0.6) is 17.2 Å². The summed E-state index contributed by atoms with van der Waals surface area (Å²) in [7, 11) is 3.18. The first-order valence-electron chi connectivity index (χ1n) is 10.1. The van der Waals surface area contributed by atoms with Gasteiger partial charge in [-0.15, -0.1) is 0 Å². The van der Waals surface area contributed by atoms with Crippen molar-refractivity contribution in [1.82, 2.24) is 15.3 Å². The first-order chi connectivity index (χ1) is 15.6. The number of benzene rings is 2. The number of nitrogens with zero attached hydrogens (tertiary/aromatic N) is 2. The summed E-state index contributed by atoms with van der Waals surface area (Å²) in [6.45, 7) is 2.65. The lowest BCUT2D eigenvalue weighted by molar-refractivity contribution is -0.123. The van der Waals surface area contributed by atoms with Gasteiger partial charge in [-0.05, 0) is 43.3 Å². The minimum absolute atomic E-state index is 0.1000. The van der Waals surface area contributed by atoms with Crippen LogP contribution in [0.1, 0.15) is 5.69 Å². The predicted octanol–water partition coefficient (Wildman–Crippen LogP) is 3.15. The van der Waals surface area contributed by atoms with Crippen molar-refractivity contribution in [3.05, 3.63) is 60.3 Å². The second-order valence-corrected chi connectivity index (χ2v) is 6.79. The summed E-state index contributed by atoms with van der Waals surface area (Å²) < 4.78 is 15.9. The van der Waals surface area contributed by atoms with Gasteiger partial charge in [-0.3, -0.25) is 4.79 Å². The Balaban J connectivity index is 1.44. The molecule has 3 aromatic rings. The summed E-state index contributed by atoms with van der Waals surface area (Å²) in [5.74, 6) is 2.79. The highest BCUT2D eigenvalue weighted by molar-refractivity contribution is 5.77. The number of ether oxygens (including phenoxy) is 3. The topological polar surface area (TPSA) is 107 Å². The highest BCUT2D eigenvalue weighted by Crippen LogP contribution is 2.25. The average Bonchev–Trinajstić information content (AvgIpc) is 2.81. The molecule has 0 aliphatic carbocycles. The first-order valence-corrected chi connectivity index (χ1v) is 10.1. The van der Waals surface area contributed by atoms with Gasteiger partial charge >= 0.3 is 0 Å². The Morgan fingerprint density at radius 3 is 2.41 bits per heavy atom. The second-order valence-electron chi connectivity index (χ2n) is 6.79. The zero-order valence-corrected chi connectivity index (χ0v) is 18.3. The molecule has 2 aromatic carbocycles. The Morgan fingerprint density at radius 1 is 0.938 bits per heavy atom. The van der Waals surface area contributed by atoms with Crippen molar-refractivity contribution >= 4 is 23.4 Å². The highest BCUT2D eigenvalue weighted by atomic mass is 16.5. The molecule has 0 saturated heterocycles. The quantitative estimate of drug-likeness (QED) is 0.393. The van der Waals surface area contributed by atoms with Gasteiger partial charge < -0.3 is 30.2 Å². The van der Waals surface area contributed by atoms with Gasteiger partial charge in [0.2, 0.25) is 5.95 Å². The van der Waals surface area contributed by atoms with Crippen molar-refractivity contribution in [2.45, 2.75) is 6.92 Å². The fourth-order valence-electron chi connectivity index (χ4n) is 2.84. The Bertz CT molecular complexity index is 1030. The maximum atomic E-state index is 12.0. The number of para-hydroxylation sites is 2. The number of methoxy groups -OCH3 is 2. The summed E-state index contributed by atoms with van der Waals surface area (Å²) in [6, 6.07) is 16.6. The summed E-state index contributed by atoms with van der Waals surface area (Å²) in [5, 5.41) is 9.15. The Labute approximate surface area is 187 Å². The maximum Gasteiger partial charge on any atom is 0.258 e. The lowest BCUT2D eigenvalue weighted by atomic mass is 10.3. The minimum atomic E-state index is -0.232. The van der Waals surface area contributed by atoms with E-state index < -0.39 is 0 Å². The van der Waals surface area contributed by atoms with Gasteiger partial charge in [0.25, 0.3) is 5.91 Å². The smallest absolute Gasteiger partial charge is 0.258 e. The largest absolute Gasteiger partial charge is 0.497 e. The van der Waals surface area contributed by atoms with Crippen LogP contribution in [-0.2, 0) is 4.79 Å². The number of aryl methyl sites for hydroxylation is 1. The van der Waals surface area contributed by atoms with Gasteiger partial charge in [0.1, 0.15) is 11.6 Å². The standard InChI is InChI=1S/C23H27N5O4/c1-16-14-21(27-17-8-10-18(30-2)11-9-17)28-23(26-16)25-13-12-24-22(29)15-32-20-7-5-4-6-19(20)31-3/h4-11,14H,12-13,15H2,1-3H3,(H,24,29)(H2,25,26,27,28). The molecule has 3 rings (SSSR count). The number of hydrogen-bond donors (Lipinski definition) is 3. The molecule has 9 nitrogen and oxygen atoms in total. The van der Waals surface area contributed by atoms with E-state index in [0.29, 0.717) is 36.4 Å². The average molecular weight is 438 g/mol. The van der Waals surface area contributed by atoms with Gasteiger partial charge in [0.05, 0.1) is 14.2 Å². The molecule has 0 aliphatic heterocycles. The lowest BCUT2D eigenvalue weighted by Gasteiger charge is -2.12. The fourth-order valence-corrected chi connectivity index (χ4v) is 2.84. The van der Waals surface area contributed by atoms with Gasteiger partial charge in [-0.1, -0.05) is 12.1 Å². The number of hydrogen-bond acceptors (Lipinski definition) is 8. The molecule has 0 fully saturated rings. The molecule has 0 saturated carbocycles. The summed E-state index contributed by atoms with van der Waals surface area (Å²) >= 11 is 0. The third kappa shape index (κ3) is 6.76. The first kappa shape index (κ1) is 22.7. The van der Waals surface area contributed by atoms with Crippen LogP contribution in [0.25, 0.3) is 0 Å². The van der Waals surface area contributed by atoms with Crippen LogP contribution < -0.4 is 30.2 Å². The second kappa shape index (κ2) is 11.4. The van der Waals surface area contributed by atoms with Crippen molar-refractivity contribution in [3.8, 4) is 17.2 Å². The number of anilines is 3. The van der Waals surface area contributed by atoms with Crippen LogP contribution in [0.15, 0.2) is 54.6 Å². The van der Waals surface area contributed by atoms with E-state index in [9.17, 15) is 4.79 Å². The molecule has 0 spiro atoms. The molecule has 3 N–H and O–H groups in total. The van der Waals surface area contributed by atoms with Crippen molar-refractivity contribution < 1.29 is 19.0 Å². The number of rotatable bonds is 11. The van der Waals surface area contributed by atoms with E-state index in [0.717, 1.165) is 17.1 Å². The van der Waals surface area contributed by atoms with E-state index in [1.807, 2.05) is 49.4 Å². The molecule has 1 heterocycles. The van der Waals surface area contributed by atoms with E-state index in [1.165, 1.54) is 0 Å². The Hall–Kier alpha value is -4.01. The molecular weight excluding hydrogens is 410 g/mol. The normalized spacial score (nSPS) is 10.2. The van der Waals surface area contributed by atoms with Crippen LogP contribution in [0, 0.1) is 6.92 Å². The van der Waals surface area contributed by atoms with Crippen LogP contribution in [0.3, 0.4) is 0 Å². The monoisotopic (exact) mass is 437 g/mol. The third-order valence-corrected chi connectivity index (χ3v) is 4.37. The number of carbonyl (C=O) groups is 1. The van der Waals surface area contributed by atoms with Crippen molar-refractivity contribution in [2.24, 2.45) is 0 Å². The van der Waals surface area contributed by atoms with Crippen molar-refractivity contribution in [1.29, 1.82) is 0 Å². The third-order valence-electron chi connectivity index (χ3n) is 4.37. The molecule has 168 valence electrons. The molecule has 1 aromatic heterocycles. The molecule has 0 radical (unpaired) electrons. The molecular formula is C23H27N5O4. The lowest BCUT2D eigenvalue weighted by Crippen LogP contribution is -2.33. The number of carbonyl (C=O) groups excluding carboxylic acids is 1. The van der Waals surface area contributed by atoms with Crippen LogP contribution >= 0.6 is 0 Å². The highest BCUT2D eigenvalue weighted by Gasteiger charge is 2.07. The predicted molar refractivity (Wildman–Crippen MR) is 123 cm³/mol. The van der Waals surface area contributed by atoms with Crippen molar-refractivity contribution in [2.75, 3.05) is 44.5 Å². The molecule has 1 amide bonds. The number of aromatic nitrogens is 2. The van der Waals surface area contributed by atoms with Crippen LogP contribution in [0.2, 0.25) is 0 Å². The SMILES string of the molecule is COc1ccc(Nc2cc(C)nc(NCCNC(=O)COc3ccccc3OC)n2)cc1. The number of amides is 1. The molecule has 0 aliphatic rings. The fraction of sp³-hybridized carbons (Fsp3) is 0.261. The van der Waals surface area contributed by atoms with Crippen LogP contribution in [0.4, 0.5) is 17.5 Å². The summed E-state index contributed by atoms with van der Waals surface area (Å²) in [4.78, 5) is 20.9. The molecule has 9 heteroatoms. The summed E-state index contributed by atoms with van der Waals surface area (Å²) in [5.41, 5.74) is 1.70. The van der Waals surface area contributed by atoms with Gasteiger partial charge in [-0.2, -0.15) is 4.98 Å². The van der Waals surface area contributed by atoms with Gasteiger partial charge in [0, 0.05) is 30.5 Å². The molecule has 0 unspecified atom stereocenters. The summed E-state index contributed by atoms with van der Waals surface area (Å²) in [6.07, 6.45) is 0. The zero-order chi connectivity index (χ0) is 22.8. The van der Waals surface area contributed by atoms with Gasteiger partial charge in [0.15, 0.2) is 18.1 Å². The maximum absolute atomic E-state index is 12.0. The van der Waals surface area contributed by atoms with E-state index in [1.54, 1.807) is 26.4 Å². The van der Waals surface area contributed by atoms with E-state index in [-0.39, 0.29) is 12.5 Å². The molecule has 32 heavy (non-hydrogen) atoms. The van der Waals surface area contributed by atoms with Crippen molar-refractivity contribution in [3.63, 3.8) is 0 Å². The molecule has 0 bridgehead atoms. The zero-order valence-electron chi connectivity index (χ0n) is 18.3.